The summed E-state index contributed by atoms with van der Waals surface area (Å²) in [5.41, 5.74) is 3.04. The summed E-state index contributed by atoms with van der Waals surface area (Å²) >= 11 is 0. The van der Waals surface area contributed by atoms with Crippen LogP contribution in [0.3, 0.4) is 0 Å². The fourth-order valence-electron chi connectivity index (χ4n) is 4.16. The van der Waals surface area contributed by atoms with E-state index in [4.69, 9.17) is 4.98 Å². The minimum atomic E-state index is -0.266. The van der Waals surface area contributed by atoms with Gasteiger partial charge in [-0.15, -0.1) is 0 Å². The molecule has 4 rings (SSSR count). The first-order chi connectivity index (χ1) is 14.5. The molecule has 1 atom stereocenters. The van der Waals surface area contributed by atoms with Gasteiger partial charge in [0, 0.05) is 26.2 Å². The van der Waals surface area contributed by atoms with Crippen LogP contribution in [0.5, 0.6) is 0 Å². The Kier molecular flexibility index (Phi) is 6.02. The minimum absolute atomic E-state index is 0.0514. The minimum Gasteiger partial charge on any atom is -0.352 e. The molecule has 0 unspecified atom stereocenters. The van der Waals surface area contributed by atoms with E-state index in [9.17, 15) is 9.18 Å². The van der Waals surface area contributed by atoms with Crippen molar-refractivity contribution < 1.29 is 9.18 Å². The molecule has 0 spiro atoms. The highest BCUT2D eigenvalue weighted by molar-refractivity contribution is 5.81. The summed E-state index contributed by atoms with van der Waals surface area (Å²) < 4.78 is 15.4. The van der Waals surface area contributed by atoms with E-state index in [1.165, 1.54) is 12.1 Å². The summed E-state index contributed by atoms with van der Waals surface area (Å²) in [4.78, 5) is 20.0. The second-order valence-electron chi connectivity index (χ2n) is 8.53. The Morgan fingerprint density at radius 1 is 1.20 bits per heavy atom. The third kappa shape index (κ3) is 4.48. The number of anilines is 1. The van der Waals surface area contributed by atoms with Crippen molar-refractivity contribution in [3.63, 3.8) is 0 Å². The van der Waals surface area contributed by atoms with Gasteiger partial charge in [-0.05, 0) is 48.6 Å². The zero-order valence-electron chi connectivity index (χ0n) is 17.6. The fourth-order valence-corrected chi connectivity index (χ4v) is 4.16. The third-order valence-corrected chi connectivity index (χ3v) is 5.64. The van der Waals surface area contributed by atoms with Crippen LogP contribution < -0.4 is 10.2 Å². The van der Waals surface area contributed by atoms with Crippen molar-refractivity contribution in [2.45, 2.75) is 39.8 Å². The van der Waals surface area contributed by atoms with Crippen LogP contribution >= 0.6 is 0 Å². The maximum atomic E-state index is 13.1. The first kappa shape index (κ1) is 20.4. The van der Waals surface area contributed by atoms with Gasteiger partial charge >= 0.3 is 0 Å². The number of rotatable bonds is 6. The lowest BCUT2D eigenvalue weighted by Gasteiger charge is -2.33. The number of piperidine rings is 1. The Hall–Kier alpha value is -2.89. The largest absolute Gasteiger partial charge is 0.352 e. The van der Waals surface area contributed by atoms with E-state index in [1.807, 2.05) is 18.2 Å². The van der Waals surface area contributed by atoms with Crippen LogP contribution in [0, 0.1) is 17.7 Å². The standard InChI is InChI=1S/C24H29FN4O/c1-17(2)15-29-22-8-4-3-7-21(22)27-24(29)28-13-5-6-19(16-28)23(30)26-14-18-9-11-20(25)12-10-18/h3-4,7-12,17,19H,5-6,13-16H2,1-2H3,(H,26,30)/t19-/m0/s1. The average Bonchev–Trinajstić information content (AvgIpc) is 3.11. The molecule has 3 aromatic rings. The van der Waals surface area contributed by atoms with Gasteiger partial charge in [0.25, 0.3) is 0 Å². The Morgan fingerprint density at radius 3 is 2.73 bits per heavy atom. The summed E-state index contributed by atoms with van der Waals surface area (Å²) in [6, 6.07) is 14.5. The van der Waals surface area contributed by atoms with Gasteiger partial charge in [-0.1, -0.05) is 38.1 Å². The van der Waals surface area contributed by atoms with Gasteiger partial charge in [0.05, 0.1) is 17.0 Å². The van der Waals surface area contributed by atoms with Crippen molar-refractivity contribution in [1.82, 2.24) is 14.9 Å². The third-order valence-electron chi connectivity index (χ3n) is 5.64. The molecule has 2 aromatic carbocycles. The molecule has 0 aliphatic carbocycles. The number of nitrogens with zero attached hydrogens (tertiary/aromatic N) is 3. The van der Waals surface area contributed by atoms with Crippen molar-refractivity contribution in [3.05, 3.63) is 59.9 Å². The highest BCUT2D eigenvalue weighted by Crippen LogP contribution is 2.28. The van der Waals surface area contributed by atoms with Crippen LogP contribution in [-0.2, 0) is 17.9 Å². The number of hydrogen-bond acceptors (Lipinski definition) is 3. The van der Waals surface area contributed by atoms with Crippen LogP contribution in [0.15, 0.2) is 48.5 Å². The molecule has 2 heterocycles. The van der Waals surface area contributed by atoms with Crippen LogP contribution in [0.4, 0.5) is 10.3 Å². The summed E-state index contributed by atoms with van der Waals surface area (Å²) in [5.74, 6) is 1.17. The molecule has 0 radical (unpaired) electrons. The number of para-hydroxylation sites is 2. The summed E-state index contributed by atoms with van der Waals surface area (Å²) in [6.45, 7) is 7.30. The molecule has 1 aromatic heterocycles. The summed E-state index contributed by atoms with van der Waals surface area (Å²) in [7, 11) is 0. The summed E-state index contributed by atoms with van der Waals surface area (Å²) in [6.07, 6.45) is 1.83. The monoisotopic (exact) mass is 408 g/mol. The smallest absolute Gasteiger partial charge is 0.225 e. The Balaban J connectivity index is 1.48. The van der Waals surface area contributed by atoms with E-state index >= 15 is 0 Å². The van der Waals surface area contributed by atoms with Crippen molar-refractivity contribution in [1.29, 1.82) is 0 Å². The number of carbonyl (C=O) groups is 1. The van der Waals surface area contributed by atoms with E-state index in [-0.39, 0.29) is 17.6 Å². The van der Waals surface area contributed by atoms with Gasteiger partial charge in [-0.25, -0.2) is 9.37 Å². The van der Waals surface area contributed by atoms with Crippen molar-refractivity contribution in [2.75, 3.05) is 18.0 Å². The number of aromatic nitrogens is 2. The second kappa shape index (κ2) is 8.86. The van der Waals surface area contributed by atoms with Crippen molar-refractivity contribution in [3.8, 4) is 0 Å². The van der Waals surface area contributed by atoms with Crippen LogP contribution in [0.2, 0.25) is 0 Å². The van der Waals surface area contributed by atoms with Crippen molar-refractivity contribution >= 4 is 22.9 Å². The topological polar surface area (TPSA) is 50.2 Å². The molecule has 6 heteroatoms. The summed E-state index contributed by atoms with van der Waals surface area (Å²) in [5, 5.41) is 3.02. The highest BCUT2D eigenvalue weighted by atomic mass is 19.1. The van der Waals surface area contributed by atoms with E-state index in [1.54, 1.807) is 12.1 Å². The molecule has 158 valence electrons. The quantitative estimate of drug-likeness (QED) is 0.659. The van der Waals surface area contributed by atoms with E-state index in [0.717, 1.165) is 48.5 Å². The lowest BCUT2D eigenvalue weighted by molar-refractivity contribution is -0.125. The molecule has 1 N–H and O–H groups in total. The number of nitrogens with one attached hydrogen (secondary N) is 1. The van der Waals surface area contributed by atoms with Gasteiger partial charge in [0.15, 0.2) is 0 Å². The maximum absolute atomic E-state index is 13.1. The molecule has 5 nitrogen and oxygen atoms in total. The van der Waals surface area contributed by atoms with Crippen LogP contribution in [-0.4, -0.2) is 28.5 Å². The number of imidazole rings is 1. The zero-order chi connectivity index (χ0) is 21.1. The van der Waals surface area contributed by atoms with E-state index < -0.39 is 0 Å². The van der Waals surface area contributed by atoms with E-state index in [2.05, 4.69) is 34.7 Å². The first-order valence-electron chi connectivity index (χ1n) is 10.7. The maximum Gasteiger partial charge on any atom is 0.225 e. The normalized spacial score (nSPS) is 16.9. The van der Waals surface area contributed by atoms with Gasteiger partial charge in [0.2, 0.25) is 11.9 Å². The average molecular weight is 409 g/mol. The van der Waals surface area contributed by atoms with Crippen LogP contribution in [0.25, 0.3) is 11.0 Å². The molecule has 1 fully saturated rings. The molecule has 1 amide bonds. The molecule has 0 bridgehead atoms. The molecule has 1 saturated heterocycles. The lowest BCUT2D eigenvalue weighted by Crippen LogP contribution is -2.44. The fraction of sp³-hybridized carbons (Fsp3) is 0.417. The molecule has 1 aliphatic heterocycles. The van der Waals surface area contributed by atoms with Gasteiger partial charge < -0.3 is 14.8 Å². The van der Waals surface area contributed by atoms with Crippen LogP contribution in [0.1, 0.15) is 32.3 Å². The number of halogens is 1. The van der Waals surface area contributed by atoms with Gasteiger partial charge in [-0.2, -0.15) is 0 Å². The molecular weight excluding hydrogens is 379 g/mol. The number of benzene rings is 2. The second-order valence-corrected chi connectivity index (χ2v) is 8.53. The predicted molar refractivity (Wildman–Crippen MR) is 118 cm³/mol. The highest BCUT2D eigenvalue weighted by Gasteiger charge is 2.28. The molecule has 30 heavy (non-hydrogen) atoms. The zero-order valence-corrected chi connectivity index (χ0v) is 17.6. The van der Waals surface area contributed by atoms with Gasteiger partial charge in [0.1, 0.15) is 5.82 Å². The Morgan fingerprint density at radius 2 is 1.97 bits per heavy atom. The molecule has 0 saturated carbocycles. The lowest BCUT2D eigenvalue weighted by atomic mass is 9.97. The van der Waals surface area contributed by atoms with E-state index in [0.29, 0.717) is 19.0 Å². The first-order valence-corrected chi connectivity index (χ1v) is 10.7. The Bertz CT molecular complexity index is 1010. The predicted octanol–water partition coefficient (Wildman–Crippen LogP) is 4.36. The van der Waals surface area contributed by atoms with Gasteiger partial charge in [-0.3, -0.25) is 4.79 Å². The number of amides is 1. The Labute approximate surface area is 176 Å². The number of fused-ring (bicyclic) bond motifs is 1. The molecule has 1 aliphatic rings. The number of hydrogen-bond donors (Lipinski definition) is 1. The SMILES string of the molecule is CC(C)Cn1c(N2CCC[C@H](C(=O)NCc3ccc(F)cc3)C2)nc2ccccc21. The number of carbonyl (C=O) groups excluding carboxylic acids is 1. The van der Waals surface area contributed by atoms with Crippen molar-refractivity contribution in [2.24, 2.45) is 11.8 Å². The molecular formula is C24H29FN4O.